The summed E-state index contributed by atoms with van der Waals surface area (Å²) in [6, 6.07) is 7.20. The number of sulfonamides is 1. The summed E-state index contributed by atoms with van der Waals surface area (Å²) in [5.74, 6) is 0. The number of hydrogen-bond acceptors (Lipinski definition) is 4. The van der Waals surface area contributed by atoms with E-state index in [0.29, 0.717) is 11.4 Å². The lowest BCUT2D eigenvalue weighted by Crippen LogP contribution is -2.35. The summed E-state index contributed by atoms with van der Waals surface area (Å²) in [4.78, 5) is 4.31. The Balaban J connectivity index is 1.66. The Morgan fingerprint density at radius 2 is 2.04 bits per heavy atom. The summed E-state index contributed by atoms with van der Waals surface area (Å²) in [5, 5.41) is 4.08. The van der Waals surface area contributed by atoms with Crippen molar-refractivity contribution in [3.8, 4) is 0 Å². The molecule has 0 spiro atoms. The third-order valence-corrected chi connectivity index (χ3v) is 6.31. The second kappa shape index (κ2) is 6.80. The molecule has 1 unspecified atom stereocenters. The van der Waals surface area contributed by atoms with Gasteiger partial charge in [-0.1, -0.05) is 17.7 Å². The van der Waals surface area contributed by atoms with Gasteiger partial charge in [-0.3, -0.25) is 4.68 Å². The molecule has 0 radical (unpaired) electrons. The van der Waals surface area contributed by atoms with Gasteiger partial charge in [-0.25, -0.2) is 13.4 Å². The van der Waals surface area contributed by atoms with Crippen molar-refractivity contribution in [1.82, 2.24) is 19.1 Å². The number of nitrogens with zero attached hydrogens (tertiary/aromatic N) is 4. The fourth-order valence-corrected chi connectivity index (χ4v) is 4.82. The van der Waals surface area contributed by atoms with E-state index < -0.39 is 10.0 Å². The molecule has 1 aliphatic heterocycles. The third kappa shape index (κ3) is 3.61. The number of aryl methyl sites for hydroxylation is 2. The molecule has 1 fully saturated rings. The van der Waals surface area contributed by atoms with E-state index in [9.17, 15) is 8.42 Å². The van der Waals surface area contributed by atoms with Gasteiger partial charge in [0.05, 0.1) is 4.90 Å². The third-order valence-electron chi connectivity index (χ3n) is 4.34. The van der Waals surface area contributed by atoms with Crippen LogP contribution in [0, 0.1) is 6.92 Å². The number of aromatic nitrogens is 3. The predicted octanol–water partition coefficient (Wildman–Crippen LogP) is 2.22. The van der Waals surface area contributed by atoms with Crippen LogP contribution in [0.15, 0.2) is 41.8 Å². The average molecular weight is 334 g/mol. The second-order valence-electron chi connectivity index (χ2n) is 6.03. The minimum Gasteiger partial charge on any atom is -0.253 e. The van der Waals surface area contributed by atoms with E-state index in [-0.39, 0.29) is 6.04 Å². The maximum Gasteiger partial charge on any atom is 0.243 e. The van der Waals surface area contributed by atoms with E-state index in [1.807, 2.05) is 19.1 Å². The topological polar surface area (TPSA) is 68.1 Å². The van der Waals surface area contributed by atoms with Crippen LogP contribution >= 0.6 is 0 Å². The van der Waals surface area contributed by atoms with Crippen molar-refractivity contribution in [3.05, 3.63) is 42.5 Å². The van der Waals surface area contributed by atoms with Gasteiger partial charge in [0.1, 0.15) is 12.7 Å². The number of benzene rings is 1. The number of rotatable bonds is 6. The molecular weight excluding hydrogens is 312 g/mol. The first-order valence-electron chi connectivity index (χ1n) is 7.98. The zero-order valence-electron chi connectivity index (χ0n) is 13.3. The van der Waals surface area contributed by atoms with Gasteiger partial charge >= 0.3 is 0 Å². The summed E-state index contributed by atoms with van der Waals surface area (Å²) >= 11 is 0. The van der Waals surface area contributed by atoms with E-state index in [1.54, 1.807) is 27.4 Å². The van der Waals surface area contributed by atoms with Gasteiger partial charge in [0.25, 0.3) is 0 Å². The predicted molar refractivity (Wildman–Crippen MR) is 87.3 cm³/mol. The van der Waals surface area contributed by atoms with Gasteiger partial charge in [0.15, 0.2) is 0 Å². The van der Waals surface area contributed by atoms with Crippen molar-refractivity contribution in [2.45, 2.75) is 50.1 Å². The molecule has 1 saturated heterocycles. The van der Waals surface area contributed by atoms with E-state index in [2.05, 4.69) is 10.1 Å². The quantitative estimate of drug-likeness (QED) is 0.812. The Bertz CT molecular complexity index is 726. The van der Waals surface area contributed by atoms with Crippen LogP contribution in [0.25, 0.3) is 0 Å². The summed E-state index contributed by atoms with van der Waals surface area (Å²) in [6.45, 7) is 3.35. The van der Waals surface area contributed by atoms with Crippen LogP contribution in [0.2, 0.25) is 0 Å². The van der Waals surface area contributed by atoms with Crippen molar-refractivity contribution in [2.75, 3.05) is 6.54 Å². The Morgan fingerprint density at radius 3 is 2.74 bits per heavy atom. The standard InChI is InChI=1S/C16H22N4O2S/c1-14-6-8-16(9-7-14)23(21,22)20-11-3-5-15(20)4-2-10-19-13-17-12-18-19/h6-9,12-13,15H,2-5,10-11H2,1H3. The van der Waals surface area contributed by atoms with E-state index in [1.165, 1.54) is 6.33 Å². The lowest BCUT2D eigenvalue weighted by Gasteiger charge is -2.24. The van der Waals surface area contributed by atoms with Gasteiger partial charge in [0, 0.05) is 19.1 Å². The molecule has 1 aromatic carbocycles. The molecule has 1 aliphatic rings. The Labute approximate surface area is 137 Å². The minimum atomic E-state index is -3.39. The highest BCUT2D eigenvalue weighted by molar-refractivity contribution is 7.89. The van der Waals surface area contributed by atoms with E-state index in [0.717, 1.165) is 37.8 Å². The van der Waals surface area contributed by atoms with Crippen LogP contribution in [0.5, 0.6) is 0 Å². The maximum atomic E-state index is 12.8. The lowest BCUT2D eigenvalue weighted by atomic mass is 10.1. The molecule has 0 aliphatic carbocycles. The van der Waals surface area contributed by atoms with Crippen LogP contribution < -0.4 is 0 Å². The van der Waals surface area contributed by atoms with Gasteiger partial charge in [-0.2, -0.15) is 9.40 Å². The second-order valence-corrected chi connectivity index (χ2v) is 7.92. The van der Waals surface area contributed by atoms with Crippen molar-refractivity contribution in [2.24, 2.45) is 0 Å². The van der Waals surface area contributed by atoms with Crippen LogP contribution in [-0.4, -0.2) is 40.1 Å². The van der Waals surface area contributed by atoms with Crippen molar-refractivity contribution in [1.29, 1.82) is 0 Å². The maximum absolute atomic E-state index is 12.8. The van der Waals surface area contributed by atoms with E-state index >= 15 is 0 Å². The van der Waals surface area contributed by atoms with E-state index in [4.69, 9.17) is 0 Å². The smallest absolute Gasteiger partial charge is 0.243 e. The Kier molecular flexibility index (Phi) is 4.77. The van der Waals surface area contributed by atoms with Crippen LogP contribution in [0.3, 0.4) is 0 Å². The van der Waals surface area contributed by atoms with Gasteiger partial charge in [0.2, 0.25) is 10.0 Å². The van der Waals surface area contributed by atoms with Crippen LogP contribution in [0.1, 0.15) is 31.2 Å². The summed E-state index contributed by atoms with van der Waals surface area (Å²) < 4.78 is 29.2. The first-order chi connectivity index (χ1) is 11.1. The molecular formula is C16H22N4O2S. The number of hydrogen-bond donors (Lipinski definition) is 0. The van der Waals surface area contributed by atoms with Gasteiger partial charge in [-0.05, 0) is 44.7 Å². The fraction of sp³-hybridized carbons (Fsp3) is 0.500. The zero-order chi connectivity index (χ0) is 16.3. The summed E-state index contributed by atoms with van der Waals surface area (Å²) in [5.41, 5.74) is 1.06. The highest BCUT2D eigenvalue weighted by Gasteiger charge is 2.34. The largest absolute Gasteiger partial charge is 0.253 e. The summed E-state index contributed by atoms with van der Waals surface area (Å²) in [7, 11) is -3.39. The minimum absolute atomic E-state index is 0.0878. The first kappa shape index (κ1) is 16.1. The molecule has 1 aromatic heterocycles. The average Bonchev–Trinajstić information content (AvgIpc) is 3.19. The van der Waals surface area contributed by atoms with Crippen molar-refractivity contribution < 1.29 is 8.42 Å². The van der Waals surface area contributed by atoms with Crippen LogP contribution in [-0.2, 0) is 16.6 Å². The van der Waals surface area contributed by atoms with Crippen molar-refractivity contribution >= 4 is 10.0 Å². The van der Waals surface area contributed by atoms with Gasteiger partial charge < -0.3 is 0 Å². The normalized spacial score (nSPS) is 19.3. The molecule has 0 saturated carbocycles. The molecule has 3 rings (SSSR count). The Hall–Kier alpha value is -1.73. The summed E-state index contributed by atoms with van der Waals surface area (Å²) in [6.07, 6.45) is 6.82. The lowest BCUT2D eigenvalue weighted by molar-refractivity contribution is 0.354. The zero-order valence-corrected chi connectivity index (χ0v) is 14.1. The van der Waals surface area contributed by atoms with Crippen molar-refractivity contribution in [3.63, 3.8) is 0 Å². The molecule has 124 valence electrons. The molecule has 1 atom stereocenters. The first-order valence-corrected chi connectivity index (χ1v) is 9.42. The molecule has 23 heavy (non-hydrogen) atoms. The molecule has 6 nitrogen and oxygen atoms in total. The molecule has 2 aromatic rings. The van der Waals surface area contributed by atoms with Crippen LogP contribution in [0.4, 0.5) is 0 Å². The SMILES string of the molecule is Cc1ccc(S(=O)(=O)N2CCCC2CCCn2cncn2)cc1. The molecule has 0 N–H and O–H groups in total. The monoisotopic (exact) mass is 334 g/mol. The molecule has 0 amide bonds. The molecule has 2 heterocycles. The molecule has 7 heteroatoms. The molecule has 0 bridgehead atoms. The Morgan fingerprint density at radius 1 is 1.26 bits per heavy atom. The van der Waals surface area contributed by atoms with Gasteiger partial charge in [-0.15, -0.1) is 0 Å². The highest BCUT2D eigenvalue weighted by atomic mass is 32.2. The highest BCUT2D eigenvalue weighted by Crippen LogP contribution is 2.28. The fourth-order valence-electron chi connectivity index (χ4n) is 3.10.